The summed E-state index contributed by atoms with van der Waals surface area (Å²) < 4.78 is 40.9. The summed E-state index contributed by atoms with van der Waals surface area (Å²) in [6, 6.07) is 4.45. The molecule has 0 unspecified atom stereocenters. The van der Waals surface area contributed by atoms with E-state index in [4.69, 9.17) is 0 Å². The highest BCUT2D eigenvalue weighted by atomic mass is 19.4. The number of rotatable bonds is 12. The molecule has 1 fully saturated rings. The average Bonchev–Trinajstić information content (AvgIpc) is 3.19. The maximum Gasteiger partial charge on any atom is 0.573 e. The van der Waals surface area contributed by atoms with E-state index in [2.05, 4.69) is 15.0 Å². The summed E-state index contributed by atoms with van der Waals surface area (Å²) in [5, 5.41) is 13.7. The number of ether oxygens (including phenoxy) is 1. The molecule has 2 rings (SSSR count). The number of ketones is 1. The summed E-state index contributed by atoms with van der Waals surface area (Å²) in [6.45, 7) is 3.75. The van der Waals surface area contributed by atoms with Gasteiger partial charge in [0.2, 0.25) is 5.91 Å². The van der Waals surface area contributed by atoms with Crippen molar-refractivity contribution < 1.29 is 32.6 Å². The Morgan fingerprint density at radius 1 is 1.09 bits per heavy atom. The van der Waals surface area contributed by atoms with Gasteiger partial charge in [-0.05, 0) is 63.4 Å². The molecule has 1 aromatic rings. The average molecular weight is 461 g/mol. The lowest BCUT2D eigenvalue weighted by Crippen LogP contribution is -2.46. The van der Waals surface area contributed by atoms with E-state index in [-0.39, 0.29) is 24.9 Å². The number of amides is 1. The van der Waals surface area contributed by atoms with Crippen molar-refractivity contribution >= 4 is 11.7 Å². The first-order valence-electron chi connectivity index (χ1n) is 10.7. The molecular weight excluding hydrogens is 425 g/mol. The van der Waals surface area contributed by atoms with Crippen molar-refractivity contribution in [2.45, 2.75) is 77.8 Å². The molecule has 0 aromatic heterocycles. The third-order valence-electron chi connectivity index (χ3n) is 5.27. The van der Waals surface area contributed by atoms with Crippen molar-refractivity contribution in [2.24, 2.45) is 0 Å². The van der Waals surface area contributed by atoms with E-state index in [1.54, 1.807) is 6.92 Å². The van der Waals surface area contributed by atoms with E-state index in [0.29, 0.717) is 31.4 Å². The number of hydrogen-bond acceptors (Lipinski definition) is 5. The van der Waals surface area contributed by atoms with E-state index >= 15 is 0 Å². The Morgan fingerprint density at radius 2 is 1.69 bits per heavy atom. The molecule has 0 saturated carbocycles. The monoisotopic (exact) mass is 460 g/mol. The van der Waals surface area contributed by atoms with Crippen molar-refractivity contribution in [3.05, 3.63) is 29.8 Å². The highest BCUT2D eigenvalue weighted by molar-refractivity contribution is 5.76. The Hall–Kier alpha value is -2.13. The number of alkyl halides is 3. The molecule has 2 N–H and O–H groups in total. The molecule has 9 heteroatoms. The van der Waals surface area contributed by atoms with Crippen LogP contribution in [0.15, 0.2) is 24.3 Å². The quantitative estimate of drug-likeness (QED) is 0.453. The molecule has 1 heterocycles. The first-order chi connectivity index (χ1) is 14.6. The van der Waals surface area contributed by atoms with Gasteiger partial charge in [0.25, 0.3) is 0 Å². The van der Waals surface area contributed by atoms with Crippen molar-refractivity contribution in [2.75, 3.05) is 19.6 Å². The number of hydrogen-bond donors (Lipinski definition) is 2. The van der Waals surface area contributed by atoms with Gasteiger partial charge in [0, 0.05) is 19.4 Å². The SMILES string of the molecule is C.CC(=O)CCCCCC(=O)N[C@H](CN1CCCC1)[C@@H](O)c1ccc(OC(F)(F)F)cc1. The van der Waals surface area contributed by atoms with Gasteiger partial charge in [-0.3, -0.25) is 4.79 Å². The summed E-state index contributed by atoms with van der Waals surface area (Å²) >= 11 is 0. The van der Waals surface area contributed by atoms with Crippen molar-refractivity contribution in [1.29, 1.82) is 0 Å². The van der Waals surface area contributed by atoms with Crippen LogP contribution >= 0.6 is 0 Å². The highest BCUT2D eigenvalue weighted by Gasteiger charge is 2.31. The van der Waals surface area contributed by atoms with Gasteiger partial charge >= 0.3 is 6.36 Å². The Balaban J connectivity index is 0.00000512. The number of aliphatic hydroxyl groups is 1. The summed E-state index contributed by atoms with van der Waals surface area (Å²) in [7, 11) is 0. The second kappa shape index (κ2) is 13.4. The fourth-order valence-corrected chi connectivity index (χ4v) is 3.68. The molecule has 1 aliphatic rings. The van der Waals surface area contributed by atoms with Gasteiger partial charge in [0.15, 0.2) is 0 Å². The number of carbonyl (C=O) groups is 2. The number of halogens is 3. The minimum atomic E-state index is -4.78. The predicted octanol–water partition coefficient (Wildman–Crippen LogP) is 4.37. The van der Waals surface area contributed by atoms with Crippen LogP contribution < -0.4 is 10.1 Å². The fraction of sp³-hybridized carbons (Fsp3) is 0.652. The Kier molecular flexibility index (Phi) is 11.7. The number of carbonyl (C=O) groups excluding carboxylic acids is 2. The minimum absolute atomic E-state index is 0. The molecule has 1 amide bonds. The normalized spacial score (nSPS) is 16.2. The molecule has 182 valence electrons. The van der Waals surface area contributed by atoms with Crippen molar-refractivity contribution in [3.8, 4) is 5.75 Å². The van der Waals surface area contributed by atoms with Crippen LogP contribution in [0.4, 0.5) is 13.2 Å². The van der Waals surface area contributed by atoms with Gasteiger partial charge in [0.1, 0.15) is 17.6 Å². The Morgan fingerprint density at radius 3 is 2.25 bits per heavy atom. The van der Waals surface area contributed by atoms with E-state index in [0.717, 1.165) is 50.9 Å². The molecular formula is C23H35F3N2O4. The summed E-state index contributed by atoms with van der Waals surface area (Å²) in [4.78, 5) is 25.5. The van der Waals surface area contributed by atoms with Crippen molar-refractivity contribution in [3.63, 3.8) is 0 Å². The molecule has 32 heavy (non-hydrogen) atoms. The van der Waals surface area contributed by atoms with Gasteiger partial charge in [0.05, 0.1) is 6.04 Å². The van der Waals surface area contributed by atoms with Crippen LogP contribution in [-0.4, -0.2) is 53.7 Å². The number of likely N-dealkylation sites (tertiary alicyclic amines) is 1. The zero-order valence-electron chi connectivity index (χ0n) is 17.8. The molecule has 0 aliphatic carbocycles. The molecule has 0 bridgehead atoms. The van der Waals surface area contributed by atoms with Gasteiger partial charge in [-0.25, -0.2) is 0 Å². The third-order valence-corrected chi connectivity index (χ3v) is 5.27. The van der Waals surface area contributed by atoms with Crippen LogP contribution in [0.3, 0.4) is 0 Å². The standard InChI is InChI=1S/C22H31F3N2O4.CH4/c1-16(28)7-3-2-4-8-20(29)26-19(15-27-13-5-6-14-27)21(30)17-9-11-18(12-10-17)31-22(23,24)25;/h9-12,19,21,30H,2-8,13-15H2,1H3,(H,26,29);1H4/t19-,21+;/m1./s1. The lowest BCUT2D eigenvalue weighted by Gasteiger charge is -2.29. The number of unbranched alkanes of at least 4 members (excludes halogenated alkanes) is 2. The molecule has 1 saturated heterocycles. The van der Waals surface area contributed by atoms with E-state index < -0.39 is 18.5 Å². The van der Waals surface area contributed by atoms with E-state index in [9.17, 15) is 27.9 Å². The van der Waals surface area contributed by atoms with Crippen molar-refractivity contribution in [1.82, 2.24) is 10.2 Å². The van der Waals surface area contributed by atoms with Gasteiger partial charge in [-0.15, -0.1) is 13.2 Å². The molecule has 1 aliphatic heterocycles. The van der Waals surface area contributed by atoms with Gasteiger partial charge < -0.3 is 24.9 Å². The first kappa shape index (κ1) is 27.9. The van der Waals surface area contributed by atoms with Crippen LogP contribution in [-0.2, 0) is 9.59 Å². The molecule has 6 nitrogen and oxygen atoms in total. The Labute approximate surface area is 188 Å². The predicted molar refractivity (Wildman–Crippen MR) is 116 cm³/mol. The second-order valence-corrected chi connectivity index (χ2v) is 8.01. The highest BCUT2D eigenvalue weighted by Crippen LogP contribution is 2.26. The number of aliphatic hydroxyl groups excluding tert-OH is 1. The molecule has 0 spiro atoms. The van der Waals surface area contributed by atoms with Gasteiger partial charge in [-0.1, -0.05) is 26.0 Å². The maximum atomic E-state index is 12.4. The topological polar surface area (TPSA) is 78.9 Å². The Bertz CT molecular complexity index is 704. The van der Waals surface area contributed by atoms with Crippen LogP contribution in [0.5, 0.6) is 5.75 Å². The van der Waals surface area contributed by atoms with E-state index in [1.165, 1.54) is 12.1 Å². The zero-order chi connectivity index (χ0) is 22.9. The molecule has 1 aromatic carbocycles. The fourth-order valence-electron chi connectivity index (χ4n) is 3.68. The molecule has 2 atom stereocenters. The number of benzene rings is 1. The lowest BCUT2D eigenvalue weighted by atomic mass is 10.0. The molecule has 0 radical (unpaired) electrons. The summed E-state index contributed by atoms with van der Waals surface area (Å²) in [6.07, 6.45) is -0.784. The lowest BCUT2D eigenvalue weighted by molar-refractivity contribution is -0.274. The van der Waals surface area contributed by atoms with Gasteiger partial charge in [-0.2, -0.15) is 0 Å². The largest absolute Gasteiger partial charge is 0.573 e. The summed E-state index contributed by atoms with van der Waals surface area (Å²) in [5.74, 6) is -0.429. The maximum absolute atomic E-state index is 12.4. The van der Waals surface area contributed by atoms with Crippen LogP contribution in [0, 0.1) is 0 Å². The second-order valence-electron chi connectivity index (χ2n) is 8.01. The number of Topliss-reactive ketones (excluding diaryl/α,β-unsaturated/α-hetero) is 1. The zero-order valence-corrected chi connectivity index (χ0v) is 17.8. The first-order valence-corrected chi connectivity index (χ1v) is 10.7. The van der Waals surface area contributed by atoms with E-state index in [1.807, 2.05) is 0 Å². The smallest absolute Gasteiger partial charge is 0.406 e. The number of nitrogens with zero attached hydrogens (tertiary/aromatic N) is 1. The van der Waals surface area contributed by atoms with Crippen LogP contribution in [0.25, 0.3) is 0 Å². The number of nitrogens with one attached hydrogen (secondary N) is 1. The minimum Gasteiger partial charge on any atom is -0.406 e. The summed E-state index contributed by atoms with van der Waals surface area (Å²) in [5.41, 5.74) is 0.403. The van der Waals surface area contributed by atoms with Crippen LogP contribution in [0.1, 0.15) is 71.0 Å². The third kappa shape index (κ3) is 10.5. The van der Waals surface area contributed by atoms with Crippen LogP contribution in [0.2, 0.25) is 0 Å².